The summed E-state index contributed by atoms with van der Waals surface area (Å²) in [6.45, 7) is 3.12. The van der Waals surface area contributed by atoms with E-state index in [1.165, 1.54) is 18.2 Å². The minimum atomic E-state index is -0.469. The Bertz CT molecular complexity index is 1180. The number of likely N-dealkylation sites (tertiary alicyclic amines) is 1. The lowest BCUT2D eigenvalue weighted by Crippen LogP contribution is -2.37. The second-order valence-electron chi connectivity index (χ2n) is 8.13. The molecule has 0 unspecified atom stereocenters. The Balaban J connectivity index is 1.30. The number of rotatable bonds is 6. The van der Waals surface area contributed by atoms with Gasteiger partial charge in [-0.25, -0.2) is 8.78 Å². The average molecular weight is 422 g/mol. The molecule has 0 aliphatic carbocycles. The summed E-state index contributed by atoms with van der Waals surface area (Å²) in [5, 5.41) is 8.97. The van der Waals surface area contributed by atoms with E-state index in [0.717, 1.165) is 57.1 Å². The fraction of sp³-hybridized carbons (Fsp3) is 0.375. The van der Waals surface area contributed by atoms with Crippen LogP contribution in [-0.2, 0) is 13.0 Å². The van der Waals surface area contributed by atoms with Crippen molar-refractivity contribution in [3.05, 3.63) is 75.7 Å². The third-order valence-electron chi connectivity index (χ3n) is 6.14. The Kier molecular flexibility index (Phi) is 6.38. The molecule has 0 N–H and O–H groups in total. The molecule has 7 heteroatoms. The number of hydrogen-bond acceptors (Lipinski definition) is 4. The van der Waals surface area contributed by atoms with Crippen molar-refractivity contribution < 1.29 is 8.78 Å². The second-order valence-corrected chi connectivity index (χ2v) is 8.13. The highest BCUT2D eigenvalue weighted by molar-refractivity contribution is 5.74. The summed E-state index contributed by atoms with van der Waals surface area (Å²) >= 11 is 0. The maximum Gasteiger partial charge on any atom is 0.251 e. The van der Waals surface area contributed by atoms with Crippen LogP contribution in [-0.4, -0.2) is 34.1 Å². The van der Waals surface area contributed by atoms with Crippen molar-refractivity contribution in [3.8, 4) is 6.07 Å². The largest absolute Gasteiger partial charge is 0.305 e. The van der Waals surface area contributed by atoms with Gasteiger partial charge in [-0.2, -0.15) is 5.26 Å². The van der Waals surface area contributed by atoms with E-state index in [-0.39, 0.29) is 11.1 Å². The van der Waals surface area contributed by atoms with Gasteiger partial charge in [0.15, 0.2) is 0 Å². The van der Waals surface area contributed by atoms with Gasteiger partial charge in [0.05, 0.1) is 22.8 Å². The van der Waals surface area contributed by atoms with E-state index in [4.69, 9.17) is 5.26 Å². The number of benzene rings is 1. The van der Waals surface area contributed by atoms with Gasteiger partial charge in [0.2, 0.25) is 0 Å². The van der Waals surface area contributed by atoms with Gasteiger partial charge in [-0.15, -0.1) is 0 Å². The van der Waals surface area contributed by atoms with Gasteiger partial charge in [-0.1, -0.05) is 6.07 Å². The van der Waals surface area contributed by atoms with Crippen molar-refractivity contribution in [1.82, 2.24) is 14.5 Å². The van der Waals surface area contributed by atoms with Crippen LogP contribution in [0.15, 0.2) is 47.4 Å². The molecule has 0 saturated carbocycles. The van der Waals surface area contributed by atoms with E-state index in [1.54, 1.807) is 22.8 Å². The molecule has 1 aliphatic rings. The van der Waals surface area contributed by atoms with E-state index in [9.17, 15) is 13.6 Å². The summed E-state index contributed by atoms with van der Waals surface area (Å²) in [4.78, 5) is 18.7. The number of hydrogen-bond donors (Lipinski definition) is 0. The molecule has 5 nitrogen and oxygen atoms in total. The van der Waals surface area contributed by atoms with Gasteiger partial charge in [0, 0.05) is 25.2 Å². The zero-order chi connectivity index (χ0) is 21.8. The molecular formula is C24H24F2N4O. The number of piperidine rings is 1. The van der Waals surface area contributed by atoms with Crippen molar-refractivity contribution >= 4 is 11.0 Å². The van der Waals surface area contributed by atoms with Crippen LogP contribution in [0.2, 0.25) is 0 Å². The number of aromatic nitrogens is 2. The smallest absolute Gasteiger partial charge is 0.251 e. The predicted octanol–water partition coefficient (Wildman–Crippen LogP) is 3.89. The maximum atomic E-state index is 13.6. The van der Waals surface area contributed by atoms with Crippen molar-refractivity contribution in [2.45, 2.75) is 32.2 Å². The Morgan fingerprint density at radius 2 is 1.90 bits per heavy atom. The van der Waals surface area contributed by atoms with E-state index in [2.05, 4.69) is 9.88 Å². The van der Waals surface area contributed by atoms with Crippen LogP contribution in [0.1, 0.15) is 30.4 Å². The molecule has 1 aromatic carbocycles. The molecule has 2 aromatic heterocycles. The van der Waals surface area contributed by atoms with Gasteiger partial charge >= 0.3 is 0 Å². The van der Waals surface area contributed by atoms with E-state index >= 15 is 0 Å². The lowest BCUT2D eigenvalue weighted by molar-refractivity contribution is 0.174. The SMILES string of the molecule is N#Cc1cc(CCC2CCN(CCn3c(=O)ccc4ncc(F)cc43)CC2)ccc1F. The minimum Gasteiger partial charge on any atom is -0.305 e. The monoisotopic (exact) mass is 422 g/mol. The first kappa shape index (κ1) is 21.1. The summed E-state index contributed by atoms with van der Waals surface area (Å²) in [5.74, 6) is -0.329. The molecule has 0 amide bonds. The quantitative estimate of drug-likeness (QED) is 0.605. The minimum absolute atomic E-state index is 0.103. The summed E-state index contributed by atoms with van der Waals surface area (Å²) in [6, 6.07) is 11.1. The second kappa shape index (κ2) is 9.36. The topological polar surface area (TPSA) is 61.9 Å². The molecule has 1 aliphatic heterocycles. The Hall–Kier alpha value is -3.11. The third-order valence-corrected chi connectivity index (χ3v) is 6.14. The summed E-state index contributed by atoms with van der Waals surface area (Å²) < 4.78 is 28.7. The lowest BCUT2D eigenvalue weighted by Gasteiger charge is -2.32. The van der Waals surface area contributed by atoms with Gasteiger partial charge in [-0.3, -0.25) is 9.78 Å². The fourth-order valence-electron chi connectivity index (χ4n) is 4.30. The third kappa shape index (κ3) is 4.97. The van der Waals surface area contributed by atoms with Crippen molar-refractivity contribution in [2.75, 3.05) is 19.6 Å². The Morgan fingerprint density at radius 3 is 2.68 bits per heavy atom. The molecule has 3 aromatic rings. The number of nitrogens with zero attached hydrogens (tertiary/aromatic N) is 4. The van der Waals surface area contributed by atoms with Crippen LogP contribution in [0, 0.1) is 28.9 Å². The highest BCUT2D eigenvalue weighted by atomic mass is 19.1. The van der Waals surface area contributed by atoms with Crippen molar-refractivity contribution in [2.24, 2.45) is 5.92 Å². The van der Waals surface area contributed by atoms with E-state index in [1.807, 2.05) is 6.07 Å². The number of halogens is 2. The molecule has 3 heterocycles. The van der Waals surface area contributed by atoms with Crippen LogP contribution in [0.25, 0.3) is 11.0 Å². The van der Waals surface area contributed by atoms with Gasteiger partial charge < -0.3 is 9.47 Å². The Labute approximate surface area is 179 Å². The zero-order valence-electron chi connectivity index (χ0n) is 17.2. The zero-order valence-corrected chi connectivity index (χ0v) is 17.2. The molecule has 0 atom stereocenters. The molecule has 0 spiro atoms. The van der Waals surface area contributed by atoms with Crippen molar-refractivity contribution in [1.29, 1.82) is 5.26 Å². The number of fused-ring (bicyclic) bond motifs is 1. The highest BCUT2D eigenvalue weighted by Gasteiger charge is 2.19. The predicted molar refractivity (Wildman–Crippen MR) is 115 cm³/mol. The van der Waals surface area contributed by atoms with E-state index < -0.39 is 11.6 Å². The van der Waals surface area contributed by atoms with Crippen LogP contribution in [0.3, 0.4) is 0 Å². The lowest BCUT2D eigenvalue weighted by atomic mass is 9.90. The van der Waals surface area contributed by atoms with Crippen LogP contribution >= 0.6 is 0 Å². The number of nitriles is 1. The number of aryl methyl sites for hydroxylation is 1. The van der Waals surface area contributed by atoms with Gasteiger partial charge in [-0.05, 0) is 68.5 Å². The maximum absolute atomic E-state index is 13.6. The first-order chi connectivity index (χ1) is 15.0. The van der Waals surface area contributed by atoms with Crippen LogP contribution in [0.5, 0.6) is 0 Å². The highest BCUT2D eigenvalue weighted by Crippen LogP contribution is 2.23. The fourth-order valence-corrected chi connectivity index (χ4v) is 4.30. The molecule has 160 valence electrons. The number of pyridine rings is 2. The molecule has 4 rings (SSSR count). The van der Waals surface area contributed by atoms with E-state index in [0.29, 0.717) is 23.5 Å². The molecule has 1 fully saturated rings. The van der Waals surface area contributed by atoms with Gasteiger partial charge in [0.1, 0.15) is 17.7 Å². The van der Waals surface area contributed by atoms with Crippen LogP contribution < -0.4 is 5.56 Å². The summed E-state index contributed by atoms with van der Waals surface area (Å²) in [7, 11) is 0. The van der Waals surface area contributed by atoms with Crippen molar-refractivity contribution in [3.63, 3.8) is 0 Å². The van der Waals surface area contributed by atoms with Crippen LogP contribution in [0.4, 0.5) is 8.78 Å². The molecule has 1 saturated heterocycles. The van der Waals surface area contributed by atoms with Gasteiger partial charge in [0.25, 0.3) is 5.56 Å². The summed E-state index contributed by atoms with van der Waals surface area (Å²) in [6.07, 6.45) is 5.14. The first-order valence-electron chi connectivity index (χ1n) is 10.6. The summed E-state index contributed by atoms with van der Waals surface area (Å²) in [5.41, 5.74) is 2.09. The molecule has 0 bridgehead atoms. The Morgan fingerprint density at radius 1 is 1.10 bits per heavy atom. The first-order valence-corrected chi connectivity index (χ1v) is 10.6. The molecule has 31 heavy (non-hydrogen) atoms. The standard InChI is InChI=1S/C24H24F2N4O/c25-20-14-23-22(28-16-20)5-6-24(31)30(23)12-11-29-9-7-17(8-10-29)1-2-18-3-4-21(26)19(13-18)15-27/h3-6,13-14,16-17H,1-2,7-12H2. The molecular weight excluding hydrogens is 398 g/mol. The molecule has 0 radical (unpaired) electrons. The normalized spacial score (nSPS) is 15.3. The average Bonchev–Trinajstić information content (AvgIpc) is 2.78.